The zero-order valence-corrected chi connectivity index (χ0v) is 12.2. The molecule has 5 heteroatoms. The smallest absolute Gasteiger partial charge is 0.166 e. The third kappa shape index (κ3) is 2.20. The van der Waals surface area contributed by atoms with Gasteiger partial charge >= 0.3 is 0 Å². The van der Waals surface area contributed by atoms with Crippen LogP contribution in [-0.4, -0.2) is 23.6 Å². The summed E-state index contributed by atoms with van der Waals surface area (Å²) < 4.78 is 5.66. The number of nitrogens with zero attached hydrogens (tertiary/aromatic N) is 2. The van der Waals surface area contributed by atoms with E-state index in [0.29, 0.717) is 12.4 Å². The fraction of sp³-hybridized carbons (Fsp3) is 0.200. The molecule has 1 aromatic carbocycles. The SMILES string of the molecule is CCOc1ccccc1-c1nc(NC)c2ccsc2n1. The Morgan fingerprint density at radius 3 is 2.85 bits per heavy atom. The molecule has 0 radical (unpaired) electrons. The molecule has 0 aliphatic rings. The molecule has 102 valence electrons. The standard InChI is InChI=1S/C15H15N3OS/c1-3-19-12-7-5-4-6-10(12)14-17-13(16-2)11-8-9-20-15(11)18-14/h4-9H,3H2,1-2H3,(H,16,17,18). The van der Waals surface area contributed by atoms with Gasteiger partial charge in [-0.05, 0) is 30.5 Å². The molecular weight excluding hydrogens is 270 g/mol. The molecule has 1 N–H and O–H groups in total. The van der Waals surface area contributed by atoms with Gasteiger partial charge in [-0.2, -0.15) is 0 Å². The van der Waals surface area contributed by atoms with E-state index < -0.39 is 0 Å². The molecule has 20 heavy (non-hydrogen) atoms. The highest BCUT2D eigenvalue weighted by Gasteiger charge is 2.12. The van der Waals surface area contributed by atoms with E-state index in [1.54, 1.807) is 11.3 Å². The van der Waals surface area contributed by atoms with Crippen LogP contribution in [0.1, 0.15) is 6.92 Å². The van der Waals surface area contributed by atoms with Crippen molar-refractivity contribution < 1.29 is 4.74 Å². The maximum Gasteiger partial charge on any atom is 0.166 e. The van der Waals surface area contributed by atoms with E-state index in [2.05, 4.69) is 15.3 Å². The third-order valence-corrected chi connectivity index (χ3v) is 3.80. The summed E-state index contributed by atoms with van der Waals surface area (Å²) in [7, 11) is 1.87. The first-order valence-corrected chi connectivity index (χ1v) is 7.36. The molecule has 0 saturated heterocycles. The van der Waals surface area contributed by atoms with Gasteiger partial charge in [-0.3, -0.25) is 0 Å². The second-order valence-electron chi connectivity index (χ2n) is 4.21. The van der Waals surface area contributed by atoms with Gasteiger partial charge in [0.25, 0.3) is 0 Å². The molecule has 0 unspecified atom stereocenters. The Morgan fingerprint density at radius 1 is 1.20 bits per heavy atom. The molecule has 0 bridgehead atoms. The molecular formula is C15H15N3OS. The van der Waals surface area contributed by atoms with Gasteiger partial charge in [0.2, 0.25) is 0 Å². The minimum absolute atomic E-state index is 0.622. The van der Waals surface area contributed by atoms with E-state index in [9.17, 15) is 0 Å². The van der Waals surface area contributed by atoms with Crippen LogP contribution in [0.5, 0.6) is 5.75 Å². The predicted octanol–water partition coefficient (Wildman–Crippen LogP) is 3.80. The molecule has 0 spiro atoms. The molecule has 4 nitrogen and oxygen atoms in total. The fourth-order valence-corrected chi connectivity index (χ4v) is 2.86. The quantitative estimate of drug-likeness (QED) is 0.792. The summed E-state index contributed by atoms with van der Waals surface area (Å²) in [6.45, 7) is 2.59. The largest absolute Gasteiger partial charge is 0.493 e. The third-order valence-electron chi connectivity index (χ3n) is 2.99. The summed E-state index contributed by atoms with van der Waals surface area (Å²) in [6.07, 6.45) is 0. The van der Waals surface area contributed by atoms with Gasteiger partial charge in [-0.15, -0.1) is 11.3 Å². The molecule has 0 aliphatic heterocycles. The van der Waals surface area contributed by atoms with Crippen molar-refractivity contribution in [3.05, 3.63) is 35.7 Å². The van der Waals surface area contributed by atoms with Crippen molar-refractivity contribution >= 4 is 27.4 Å². The summed E-state index contributed by atoms with van der Waals surface area (Å²) in [5.41, 5.74) is 0.918. The zero-order valence-electron chi connectivity index (χ0n) is 11.4. The topological polar surface area (TPSA) is 47.0 Å². The highest BCUT2D eigenvalue weighted by atomic mass is 32.1. The zero-order chi connectivity index (χ0) is 13.9. The monoisotopic (exact) mass is 285 g/mol. The van der Waals surface area contributed by atoms with Crippen LogP contribution in [0, 0.1) is 0 Å². The second-order valence-corrected chi connectivity index (χ2v) is 5.11. The lowest BCUT2D eigenvalue weighted by Gasteiger charge is -2.10. The first kappa shape index (κ1) is 12.9. The van der Waals surface area contributed by atoms with Crippen LogP contribution in [0.25, 0.3) is 21.6 Å². The van der Waals surface area contributed by atoms with Crippen molar-refractivity contribution in [2.75, 3.05) is 19.0 Å². The molecule has 2 aromatic heterocycles. The average molecular weight is 285 g/mol. The minimum Gasteiger partial charge on any atom is -0.493 e. The van der Waals surface area contributed by atoms with Crippen molar-refractivity contribution in [3.8, 4) is 17.1 Å². The number of thiophene rings is 1. The number of anilines is 1. The molecule has 0 amide bonds. The van der Waals surface area contributed by atoms with Gasteiger partial charge in [0.1, 0.15) is 16.4 Å². The summed E-state index contributed by atoms with van der Waals surface area (Å²) in [6, 6.07) is 9.89. The predicted molar refractivity (Wildman–Crippen MR) is 83.6 cm³/mol. The van der Waals surface area contributed by atoms with Gasteiger partial charge < -0.3 is 10.1 Å². The Morgan fingerprint density at radius 2 is 2.05 bits per heavy atom. The Bertz CT molecular complexity index is 739. The van der Waals surface area contributed by atoms with Crippen molar-refractivity contribution in [2.24, 2.45) is 0 Å². The van der Waals surface area contributed by atoms with Crippen LogP contribution in [-0.2, 0) is 0 Å². The Hall–Kier alpha value is -2.14. The maximum absolute atomic E-state index is 5.66. The van der Waals surface area contributed by atoms with Crippen LogP contribution in [0.2, 0.25) is 0 Å². The lowest BCUT2D eigenvalue weighted by Crippen LogP contribution is -1.99. The Balaban J connectivity index is 2.19. The first-order chi connectivity index (χ1) is 9.83. The van der Waals surface area contributed by atoms with Gasteiger partial charge in [-0.25, -0.2) is 9.97 Å². The fourth-order valence-electron chi connectivity index (χ4n) is 2.10. The number of para-hydroxylation sites is 1. The van der Waals surface area contributed by atoms with Crippen molar-refractivity contribution in [3.63, 3.8) is 0 Å². The van der Waals surface area contributed by atoms with Gasteiger partial charge in [0.05, 0.1) is 17.6 Å². The number of fused-ring (bicyclic) bond motifs is 1. The lowest BCUT2D eigenvalue weighted by atomic mass is 10.2. The van der Waals surface area contributed by atoms with Crippen LogP contribution in [0.4, 0.5) is 5.82 Å². The molecule has 3 rings (SSSR count). The number of hydrogen-bond donors (Lipinski definition) is 1. The molecule has 0 fully saturated rings. The Kier molecular flexibility index (Phi) is 3.52. The number of hydrogen-bond acceptors (Lipinski definition) is 5. The van der Waals surface area contributed by atoms with Crippen molar-refractivity contribution in [1.29, 1.82) is 0 Å². The highest BCUT2D eigenvalue weighted by molar-refractivity contribution is 7.16. The van der Waals surface area contributed by atoms with Crippen molar-refractivity contribution in [1.82, 2.24) is 9.97 Å². The number of aromatic nitrogens is 2. The second kappa shape index (κ2) is 5.46. The van der Waals surface area contributed by atoms with E-state index in [1.165, 1.54) is 0 Å². The van der Waals surface area contributed by atoms with Gasteiger partial charge in [0, 0.05) is 7.05 Å². The van der Waals surface area contributed by atoms with Gasteiger partial charge in [0.15, 0.2) is 5.82 Å². The average Bonchev–Trinajstić information content (AvgIpc) is 2.95. The van der Waals surface area contributed by atoms with E-state index in [-0.39, 0.29) is 0 Å². The summed E-state index contributed by atoms with van der Waals surface area (Å²) in [4.78, 5) is 10.2. The maximum atomic E-state index is 5.66. The number of ether oxygens (including phenoxy) is 1. The van der Waals surface area contributed by atoms with E-state index in [0.717, 1.165) is 27.3 Å². The minimum atomic E-state index is 0.622. The molecule has 3 aromatic rings. The number of rotatable bonds is 4. The molecule has 0 aliphatic carbocycles. The number of benzene rings is 1. The summed E-state index contributed by atoms with van der Waals surface area (Å²) >= 11 is 1.61. The van der Waals surface area contributed by atoms with Crippen LogP contribution in [0.15, 0.2) is 35.7 Å². The summed E-state index contributed by atoms with van der Waals surface area (Å²) in [5, 5.41) is 6.21. The molecule has 0 saturated carbocycles. The van der Waals surface area contributed by atoms with Crippen LogP contribution < -0.4 is 10.1 Å². The molecule has 2 heterocycles. The van der Waals surface area contributed by atoms with Gasteiger partial charge in [-0.1, -0.05) is 12.1 Å². The van der Waals surface area contributed by atoms with E-state index in [4.69, 9.17) is 4.74 Å². The lowest BCUT2D eigenvalue weighted by molar-refractivity contribution is 0.341. The highest BCUT2D eigenvalue weighted by Crippen LogP contribution is 2.32. The Labute approximate surface area is 121 Å². The normalized spacial score (nSPS) is 10.7. The molecule has 0 atom stereocenters. The summed E-state index contributed by atoms with van der Waals surface area (Å²) in [5.74, 6) is 2.35. The van der Waals surface area contributed by atoms with Crippen LogP contribution in [0.3, 0.4) is 0 Å². The number of nitrogens with one attached hydrogen (secondary N) is 1. The first-order valence-electron chi connectivity index (χ1n) is 6.48. The van der Waals surface area contributed by atoms with Crippen molar-refractivity contribution in [2.45, 2.75) is 6.92 Å². The van der Waals surface area contributed by atoms with E-state index >= 15 is 0 Å². The van der Waals surface area contributed by atoms with Crippen LogP contribution >= 0.6 is 11.3 Å². The van der Waals surface area contributed by atoms with E-state index in [1.807, 2.05) is 49.7 Å².